The molecule has 1 heterocycles. The van der Waals surface area contributed by atoms with E-state index in [-0.39, 0.29) is 5.97 Å². The summed E-state index contributed by atoms with van der Waals surface area (Å²) in [5, 5.41) is 5.70. The Labute approximate surface area is 141 Å². The molecular weight excluding hydrogens is 300 g/mol. The third kappa shape index (κ3) is 3.65. The van der Waals surface area contributed by atoms with Crippen LogP contribution in [0.5, 0.6) is 0 Å². The molecule has 1 aromatic heterocycles. The molecule has 4 heteroatoms. The summed E-state index contributed by atoms with van der Waals surface area (Å²) in [6.07, 6.45) is 2.04. The van der Waals surface area contributed by atoms with Gasteiger partial charge >= 0.3 is 5.97 Å². The number of nitrogens with one attached hydrogen (secondary N) is 1. The van der Waals surface area contributed by atoms with Crippen molar-refractivity contribution in [2.75, 3.05) is 18.5 Å². The molecule has 0 aliphatic heterocycles. The van der Waals surface area contributed by atoms with E-state index in [1.54, 1.807) is 0 Å². The van der Waals surface area contributed by atoms with Crippen molar-refractivity contribution in [3.8, 4) is 0 Å². The zero-order valence-electron chi connectivity index (χ0n) is 13.9. The average Bonchev–Trinajstić information content (AvgIpc) is 2.62. The van der Waals surface area contributed by atoms with Crippen molar-refractivity contribution >= 4 is 33.5 Å². The Bertz CT molecular complexity index is 791. The number of esters is 1. The highest BCUT2D eigenvalue weighted by Gasteiger charge is 2.08. The minimum Gasteiger partial charge on any atom is -0.466 e. The van der Waals surface area contributed by atoms with E-state index in [2.05, 4.69) is 17.4 Å². The summed E-state index contributed by atoms with van der Waals surface area (Å²) in [7, 11) is 0. The van der Waals surface area contributed by atoms with E-state index in [0.717, 1.165) is 46.9 Å². The number of anilines is 1. The zero-order valence-corrected chi connectivity index (χ0v) is 13.9. The molecule has 0 aliphatic carbocycles. The fourth-order valence-electron chi connectivity index (χ4n) is 2.76. The number of benzene rings is 2. The molecule has 2 aromatic carbocycles. The summed E-state index contributed by atoms with van der Waals surface area (Å²) in [6, 6.07) is 16.2. The monoisotopic (exact) mass is 322 g/mol. The molecule has 0 saturated carbocycles. The second-order valence-electron chi connectivity index (χ2n) is 5.77. The van der Waals surface area contributed by atoms with E-state index in [4.69, 9.17) is 9.72 Å². The Morgan fingerprint density at radius 2 is 1.67 bits per heavy atom. The van der Waals surface area contributed by atoms with Gasteiger partial charge in [-0.05, 0) is 25.0 Å². The number of pyridine rings is 1. The minimum absolute atomic E-state index is 0.122. The highest BCUT2D eigenvalue weighted by molar-refractivity contribution is 6.07. The lowest BCUT2D eigenvalue weighted by Crippen LogP contribution is -2.09. The third-order valence-corrected chi connectivity index (χ3v) is 3.91. The molecule has 0 aliphatic rings. The van der Waals surface area contributed by atoms with E-state index in [9.17, 15) is 4.79 Å². The van der Waals surface area contributed by atoms with Crippen LogP contribution < -0.4 is 5.32 Å². The SMILES string of the molecule is CCCOC(=O)CCCNc1c2ccccc2nc2ccccc12. The fraction of sp³-hybridized carbons (Fsp3) is 0.300. The molecule has 1 N–H and O–H groups in total. The van der Waals surface area contributed by atoms with Gasteiger partial charge in [-0.15, -0.1) is 0 Å². The first-order valence-corrected chi connectivity index (χ1v) is 8.46. The Morgan fingerprint density at radius 1 is 1.04 bits per heavy atom. The highest BCUT2D eigenvalue weighted by atomic mass is 16.5. The highest BCUT2D eigenvalue weighted by Crippen LogP contribution is 2.30. The van der Waals surface area contributed by atoms with Crippen molar-refractivity contribution in [2.24, 2.45) is 0 Å². The quantitative estimate of drug-likeness (QED) is 0.394. The van der Waals surface area contributed by atoms with Gasteiger partial charge in [0.05, 0.1) is 23.3 Å². The maximum Gasteiger partial charge on any atom is 0.305 e. The third-order valence-electron chi connectivity index (χ3n) is 3.91. The van der Waals surface area contributed by atoms with Gasteiger partial charge in [0.1, 0.15) is 0 Å². The van der Waals surface area contributed by atoms with Crippen LogP contribution in [0.15, 0.2) is 48.5 Å². The van der Waals surface area contributed by atoms with Crippen molar-refractivity contribution in [3.63, 3.8) is 0 Å². The lowest BCUT2D eigenvalue weighted by molar-refractivity contribution is -0.143. The van der Waals surface area contributed by atoms with Gasteiger partial charge in [0, 0.05) is 23.7 Å². The number of fused-ring (bicyclic) bond motifs is 2. The molecule has 0 bridgehead atoms. The van der Waals surface area contributed by atoms with Crippen molar-refractivity contribution in [2.45, 2.75) is 26.2 Å². The lowest BCUT2D eigenvalue weighted by atomic mass is 10.1. The second-order valence-corrected chi connectivity index (χ2v) is 5.77. The Morgan fingerprint density at radius 3 is 2.29 bits per heavy atom. The van der Waals surface area contributed by atoms with Crippen LogP contribution >= 0.6 is 0 Å². The standard InChI is InChI=1S/C20H22N2O2/c1-2-14-24-19(23)12-7-13-21-20-15-8-3-5-10-17(15)22-18-11-6-4-9-16(18)20/h3-6,8-11H,2,7,12-14H2,1H3,(H,21,22). The van der Waals surface area contributed by atoms with E-state index in [0.29, 0.717) is 13.0 Å². The van der Waals surface area contributed by atoms with Crippen molar-refractivity contribution in [1.29, 1.82) is 0 Å². The molecule has 24 heavy (non-hydrogen) atoms. The van der Waals surface area contributed by atoms with Crippen LogP contribution in [0.4, 0.5) is 5.69 Å². The number of hydrogen-bond donors (Lipinski definition) is 1. The largest absolute Gasteiger partial charge is 0.466 e. The predicted octanol–water partition coefficient (Wildman–Crippen LogP) is 4.53. The number of nitrogens with zero attached hydrogens (tertiary/aromatic N) is 1. The van der Waals surface area contributed by atoms with Gasteiger partial charge < -0.3 is 10.1 Å². The number of aromatic nitrogens is 1. The van der Waals surface area contributed by atoms with Gasteiger partial charge in [0.25, 0.3) is 0 Å². The fourth-order valence-corrected chi connectivity index (χ4v) is 2.76. The first-order chi connectivity index (χ1) is 11.8. The van der Waals surface area contributed by atoms with Gasteiger partial charge in [-0.1, -0.05) is 43.3 Å². The van der Waals surface area contributed by atoms with Crippen LogP contribution in [0.1, 0.15) is 26.2 Å². The van der Waals surface area contributed by atoms with Crippen LogP contribution in [-0.2, 0) is 9.53 Å². The molecule has 0 radical (unpaired) electrons. The number of hydrogen-bond acceptors (Lipinski definition) is 4. The molecule has 0 saturated heterocycles. The summed E-state index contributed by atoms with van der Waals surface area (Å²) in [5.74, 6) is -0.122. The summed E-state index contributed by atoms with van der Waals surface area (Å²) in [6.45, 7) is 3.22. The summed E-state index contributed by atoms with van der Waals surface area (Å²) >= 11 is 0. The minimum atomic E-state index is -0.122. The van der Waals surface area contributed by atoms with E-state index < -0.39 is 0 Å². The molecule has 3 aromatic rings. The maximum absolute atomic E-state index is 11.6. The molecule has 4 nitrogen and oxygen atoms in total. The van der Waals surface area contributed by atoms with Gasteiger partial charge in [-0.3, -0.25) is 4.79 Å². The van der Waals surface area contributed by atoms with Gasteiger partial charge in [0.15, 0.2) is 0 Å². The number of rotatable bonds is 7. The zero-order chi connectivity index (χ0) is 16.8. The molecule has 0 fully saturated rings. The molecule has 0 unspecified atom stereocenters. The molecular formula is C20H22N2O2. The topological polar surface area (TPSA) is 51.2 Å². The van der Waals surface area contributed by atoms with Crippen molar-refractivity contribution in [1.82, 2.24) is 4.98 Å². The van der Waals surface area contributed by atoms with Crippen molar-refractivity contribution < 1.29 is 9.53 Å². The lowest BCUT2D eigenvalue weighted by Gasteiger charge is -2.13. The Balaban J connectivity index is 1.76. The van der Waals surface area contributed by atoms with E-state index >= 15 is 0 Å². The molecule has 0 atom stereocenters. The van der Waals surface area contributed by atoms with Gasteiger partial charge in [0.2, 0.25) is 0 Å². The number of ether oxygens (including phenoxy) is 1. The van der Waals surface area contributed by atoms with Crippen LogP contribution in [0.25, 0.3) is 21.8 Å². The maximum atomic E-state index is 11.6. The summed E-state index contributed by atoms with van der Waals surface area (Å²) in [5.41, 5.74) is 3.03. The van der Waals surface area contributed by atoms with Crippen LogP contribution in [0.2, 0.25) is 0 Å². The molecule has 3 rings (SSSR count). The van der Waals surface area contributed by atoms with Crippen molar-refractivity contribution in [3.05, 3.63) is 48.5 Å². The number of para-hydroxylation sites is 2. The Hall–Kier alpha value is -2.62. The van der Waals surface area contributed by atoms with Gasteiger partial charge in [-0.2, -0.15) is 0 Å². The van der Waals surface area contributed by atoms with Crippen LogP contribution in [0, 0.1) is 0 Å². The normalized spacial score (nSPS) is 10.9. The van der Waals surface area contributed by atoms with E-state index in [1.807, 2.05) is 43.3 Å². The molecule has 124 valence electrons. The predicted molar refractivity (Wildman–Crippen MR) is 98.2 cm³/mol. The molecule has 0 amide bonds. The average molecular weight is 322 g/mol. The van der Waals surface area contributed by atoms with Gasteiger partial charge in [-0.25, -0.2) is 4.98 Å². The first-order valence-electron chi connectivity index (χ1n) is 8.46. The number of carbonyl (C=O) groups is 1. The first kappa shape index (κ1) is 16.2. The van der Waals surface area contributed by atoms with Crippen LogP contribution in [-0.4, -0.2) is 24.1 Å². The summed E-state index contributed by atoms with van der Waals surface area (Å²) in [4.78, 5) is 16.3. The smallest absolute Gasteiger partial charge is 0.305 e. The van der Waals surface area contributed by atoms with E-state index in [1.165, 1.54) is 0 Å². The molecule has 0 spiro atoms. The number of carbonyl (C=O) groups excluding carboxylic acids is 1. The second kappa shape index (κ2) is 7.77. The van der Waals surface area contributed by atoms with Crippen LogP contribution in [0.3, 0.4) is 0 Å². The Kier molecular flexibility index (Phi) is 5.26. The summed E-state index contributed by atoms with van der Waals surface area (Å²) < 4.78 is 5.11.